The van der Waals surface area contributed by atoms with Crippen LogP contribution in [0.3, 0.4) is 0 Å². The number of aromatic nitrogens is 2. The van der Waals surface area contributed by atoms with Gasteiger partial charge in [0.2, 0.25) is 0 Å². The number of esters is 1. The molecule has 16 heavy (non-hydrogen) atoms. The average Bonchev–Trinajstić information content (AvgIpc) is 2.81. The molecule has 0 amide bonds. The highest BCUT2D eigenvalue weighted by molar-refractivity contribution is 5.75. The number of carbonyl (C=O) groups is 1. The van der Waals surface area contributed by atoms with Crippen molar-refractivity contribution < 1.29 is 9.53 Å². The van der Waals surface area contributed by atoms with Crippen LogP contribution in [0.25, 0.3) is 0 Å². The molecule has 0 saturated carbocycles. The summed E-state index contributed by atoms with van der Waals surface area (Å²) < 4.78 is 4.75. The van der Waals surface area contributed by atoms with E-state index in [0.717, 1.165) is 5.69 Å². The van der Waals surface area contributed by atoms with Crippen LogP contribution in [0, 0.1) is 17.2 Å². The standard InChI is InChI=1S/C9H11N3O2.C2H6/c1-2-14-9(13)7(4-10)3-8-5-11-6-12-8;1-2/h5-7H,2-3H2,1H3,(H,11,12);1-2H3. The highest BCUT2D eigenvalue weighted by Gasteiger charge is 2.19. The number of carbonyl (C=O) groups excluding carboxylic acids is 1. The molecule has 1 unspecified atom stereocenters. The molecule has 0 saturated heterocycles. The van der Waals surface area contributed by atoms with Crippen LogP contribution in [0.15, 0.2) is 12.5 Å². The summed E-state index contributed by atoms with van der Waals surface area (Å²) in [6, 6.07) is 1.90. The molecular weight excluding hydrogens is 206 g/mol. The van der Waals surface area contributed by atoms with Crippen LogP contribution >= 0.6 is 0 Å². The lowest BCUT2D eigenvalue weighted by atomic mass is 10.1. The number of rotatable bonds is 4. The Morgan fingerprint density at radius 1 is 1.69 bits per heavy atom. The fourth-order valence-corrected chi connectivity index (χ4v) is 1.04. The van der Waals surface area contributed by atoms with Gasteiger partial charge in [0.05, 0.1) is 19.0 Å². The summed E-state index contributed by atoms with van der Waals surface area (Å²) in [5.41, 5.74) is 0.754. The maximum Gasteiger partial charge on any atom is 0.323 e. The Bertz CT molecular complexity index is 327. The van der Waals surface area contributed by atoms with Gasteiger partial charge in [0, 0.05) is 18.3 Å². The first kappa shape index (κ1) is 14.2. The molecule has 88 valence electrons. The van der Waals surface area contributed by atoms with Gasteiger partial charge >= 0.3 is 5.97 Å². The molecule has 0 bridgehead atoms. The van der Waals surface area contributed by atoms with Crippen molar-refractivity contribution in [3.05, 3.63) is 18.2 Å². The Morgan fingerprint density at radius 3 is 2.81 bits per heavy atom. The van der Waals surface area contributed by atoms with Crippen molar-refractivity contribution in [1.82, 2.24) is 9.97 Å². The second-order valence-corrected chi connectivity index (χ2v) is 2.71. The maximum atomic E-state index is 11.2. The Kier molecular flexibility index (Phi) is 7.51. The van der Waals surface area contributed by atoms with Gasteiger partial charge in [-0.05, 0) is 6.92 Å². The molecule has 0 fully saturated rings. The number of H-pyrrole nitrogens is 1. The van der Waals surface area contributed by atoms with E-state index in [-0.39, 0.29) is 0 Å². The molecule has 1 heterocycles. The third-order valence-electron chi connectivity index (χ3n) is 1.71. The van der Waals surface area contributed by atoms with Gasteiger partial charge in [-0.25, -0.2) is 4.98 Å². The number of hydrogen-bond acceptors (Lipinski definition) is 4. The van der Waals surface area contributed by atoms with E-state index >= 15 is 0 Å². The third kappa shape index (κ3) is 4.60. The van der Waals surface area contributed by atoms with Gasteiger partial charge in [0.15, 0.2) is 0 Å². The second kappa shape index (κ2) is 8.48. The van der Waals surface area contributed by atoms with Crippen molar-refractivity contribution in [3.8, 4) is 6.07 Å². The number of imidazole rings is 1. The highest BCUT2D eigenvalue weighted by atomic mass is 16.5. The molecule has 1 aromatic rings. The Labute approximate surface area is 95.5 Å². The summed E-state index contributed by atoms with van der Waals surface area (Å²) in [6.07, 6.45) is 3.41. The smallest absolute Gasteiger partial charge is 0.323 e. The average molecular weight is 223 g/mol. The largest absolute Gasteiger partial charge is 0.465 e. The van der Waals surface area contributed by atoms with Gasteiger partial charge in [-0.15, -0.1) is 0 Å². The van der Waals surface area contributed by atoms with Crippen molar-refractivity contribution in [2.24, 2.45) is 5.92 Å². The molecule has 0 aromatic carbocycles. The van der Waals surface area contributed by atoms with E-state index in [4.69, 9.17) is 10.00 Å². The molecular formula is C11H17N3O2. The predicted molar refractivity (Wildman–Crippen MR) is 59.4 cm³/mol. The fraction of sp³-hybridized carbons (Fsp3) is 0.545. The van der Waals surface area contributed by atoms with Crippen molar-refractivity contribution in [2.45, 2.75) is 27.2 Å². The topological polar surface area (TPSA) is 78.8 Å². The van der Waals surface area contributed by atoms with Crippen LogP contribution in [-0.2, 0) is 16.0 Å². The molecule has 5 heteroatoms. The zero-order valence-electron chi connectivity index (χ0n) is 9.86. The van der Waals surface area contributed by atoms with E-state index in [2.05, 4.69) is 9.97 Å². The molecule has 1 aromatic heterocycles. The second-order valence-electron chi connectivity index (χ2n) is 2.71. The monoisotopic (exact) mass is 223 g/mol. The number of nitrogens with one attached hydrogen (secondary N) is 1. The fourth-order valence-electron chi connectivity index (χ4n) is 1.04. The van der Waals surface area contributed by atoms with Gasteiger partial charge in [0.1, 0.15) is 5.92 Å². The van der Waals surface area contributed by atoms with Gasteiger partial charge in [-0.2, -0.15) is 5.26 Å². The van der Waals surface area contributed by atoms with Gasteiger partial charge in [-0.3, -0.25) is 4.79 Å². The van der Waals surface area contributed by atoms with Gasteiger partial charge < -0.3 is 9.72 Å². The van der Waals surface area contributed by atoms with Crippen molar-refractivity contribution in [3.63, 3.8) is 0 Å². The summed E-state index contributed by atoms with van der Waals surface area (Å²) in [6.45, 7) is 6.00. The van der Waals surface area contributed by atoms with Crippen LogP contribution in [0.1, 0.15) is 26.5 Å². The molecule has 0 aliphatic heterocycles. The van der Waals surface area contributed by atoms with E-state index in [1.807, 2.05) is 19.9 Å². The summed E-state index contributed by atoms with van der Waals surface area (Å²) in [5, 5.41) is 8.74. The summed E-state index contributed by atoms with van der Waals surface area (Å²) in [7, 11) is 0. The number of ether oxygens (including phenoxy) is 1. The summed E-state index contributed by atoms with van der Waals surface area (Å²) >= 11 is 0. The lowest BCUT2D eigenvalue weighted by Gasteiger charge is -2.05. The number of hydrogen-bond donors (Lipinski definition) is 1. The summed E-state index contributed by atoms with van der Waals surface area (Å²) in [5.74, 6) is -1.24. The first-order valence-electron chi connectivity index (χ1n) is 5.31. The number of aromatic amines is 1. The minimum atomic E-state index is -0.754. The Morgan fingerprint density at radius 2 is 2.38 bits per heavy atom. The first-order valence-corrected chi connectivity index (χ1v) is 5.31. The van der Waals surface area contributed by atoms with Crippen molar-refractivity contribution in [1.29, 1.82) is 5.26 Å². The number of nitrogens with zero attached hydrogens (tertiary/aromatic N) is 2. The van der Waals surface area contributed by atoms with Gasteiger partial charge in [0.25, 0.3) is 0 Å². The molecule has 1 atom stereocenters. The molecule has 5 nitrogen and oxygen atoms in total. The van der Waals surface area contributed by atoms with E-state index < -0.39 is 11.9 Å². The zero-order valence-corrected chi connectivity index (χ0v) is 9.86. The van der Waals surface area contributed by atoms with E-state index in [9.17, 15) is 4.79 Å². The quantitative estimate of drug-likeness (QED) is 0.787. The van der Waals surface area contributed by atoms with E-state index in [1.165, 1.54) is 6.33 Å². The maximum absolute atomic E-state index is 11.2. The van der Waals surface area contributed by atoms with E-state index in [0.29, 0.717) is 13.0 Å². The zero-order chi connectivity index (χ0) is 12.4. The molecule has 0 spiro atoms. The molecule has 1 N–H and O–H groups in total. The molecule has 0 radical (unpaired) electrons. The van der Waals surface area contributed by atoms with Crippen LogP contribution in [0.2, 0.25) is 0 Å². The lowest BCUT2D eigenvalue weighted by Crippen LogP contribution is -2.18. The van der Waals surface area contributed by atoms with Crippen molar-refractivity contribution >= 4 is 5.97 Å². The number of nitriles is 1. The van der Waals surface area contributed by atoms with Crippen LogP contribution < -0.4 is 0 Å². The normalized spacial score (nSPS) is 10.6. The van der Waals surface area contributed by atoms with Crippen molar-refractivity contribution in [2.75, 3.05) is 6.61 Å². The minimum absolute atomic E-state index is 0.292. The SMILES string of the molecule is CC.CCOC(=O)C(C#N)Cc1cnc[nH]1. The highest BCUT2D eigenvalue weighted by Crippen LogP contribution is 2.06. The molecule has 1 rings (SSSR count). The Balaban J connectivity index is 0.00000106. The van der Waals surface area contributed by atoms with Gasteiger partial charge in [-0.1, -0.05) is 13.8 Å². The minimum Gasteiger partial charge on any atom is -0.465 e. The van der Waals surface area contributed by atoms with E-state index in [1.54, 1.807) is 13.1 Å². The van der Waals surface area contributed by atoms with Crippen LogP contribution in [0.5, 0.6) is 0 Å². The lowest BCUT2D eigenvalue weighted by molar-refractivity contribution is -0.145. The molecule has 0 aliphatic rings. The first-order chi connectivity index (χ1) is 7.77. The molecule has 0 aliphatic carbocycles. The predicted octanol–water partition coefficient (Wildman–Crippen LogP) is 1.68. The Hall–Kier alpha value is -1.83. The summed E-state index contributed by atoms with van der Waals surface area (Å²) in [4.78, 5) is 17.8. The van der Waals surface area contributed by atoms with Crippen LogP contribution in [0.4, 0.5) is 0 Å². The third-order valence-corrected chi connectivity index (χ3v) is 1.71. The van der Waals surface area contributed by atoms with Crippen LogP contribution in [-0.4, -0.2) is 22.5 Å².